The SMILES string of the molecule is C=C(C)C(=O)OCCNC(=O)Oc1cccc2cc(OCC3CO3)ccc12. The van der Waals surface area contributed by atoms with Gasteiger partial charge in [0.1, 0.15) is 30.8 Å². The van der Waals surface area contributed by atoms with Crippen molar-refractivity contribution in [3.05, 3.63) is 48.6 Å². The number of esters is 1. The number of benzene rings is 2. The van der Waals surface area contributed by atoms with E-state index in [2.05, 4.69) is 11.9 Å². The van der Waals surface area contributed by atoms with E-state index in [1.807, 2.05) is 24.3 Å². The maximum atomic E-state index is 12.0. The number of amides is 1. The van der Waals surface area contributed by atoms with Gasteiger partial charge in [-0.3, -0.25) is 0 Å². The molecule has 1 heterocycles. The van der Waals surface area contributed by atoms with Crippen LogP contribution in [0.1, 0.15) is 6.92 Å². The van der Waals surface area contributed by atoms with E-state index in [9.17, 15) is 9.59 Å². The Balaban J connectivity index is 1.54. The van der Waals surface area contributed by atoms with E-state index in [1.165, 1.54) is 0 Å². The summed E-state index contributed by atoms with van der Waals surface area (Å²) < 4.78 is 21.1. The lowest BCUT2D eigenvalue weighted by Gasteiger charge is -2.11. The van der Waals surface area contributed by atoms with Crippen LogP contribution in [0.15, 0.2) is 48.6 Å². The van der Waals surface area contributed by atoms with Crippen molar-refractivity contribution in [3.8, 4) is 11.5 Å². The molecule has 1 fully saturated rings. The van der Waals surface area contributed by atoms with Crippen LogP contribution in [0.5, 0.6) is 11.5 Å². The Morgan fingerprint density at radius 3 is 2.85 bits per heavy atom. The van der Waals surface area contributed by atoms with E-state index in [1.54, 1.807) is 19.1 Å². The summed E-state index contributed by atoms with van der Waals surface area (Å²) in [6, 6.07) is 11.0. The Bertz CT molecular complexity index is 859. The first-order chi connectivity index (χ1) is 13.0. The summed E-state index contributed by atoms with van der Waals surface area (Å²) in [7, 11) is 0. The van der Waals surface area contributed by atoms with Gasteiger partial charge >= 0.3 is 12.1 Å². The third-order valence-electron chi connectivity index (χ3n) is 3.81. The van der Waals surface area contributed by atoms with Gasteiger partial charge in [-0.1, -0.05) is 18.7 Å². The van der Waals surface area contributed by atoms with Crippen LogP contribution < -0.4 is 14.8 Å². The van der Waals surface area contributed by atoms with Crippen molar-refractivity contribution in [2.75, 3.05) is 26.4 Å². The topological polar surface area (TPSA) is 86.4 Å². The molecule has 1 unspecified atom stereocenters. The van der Waals surface area contributed by atoms with E-state index in [0.717, 1.165) is 23.1 Å². The quantitative estimate of drug-likeness (QED) is 0.332. The van der Waals surface area contributed by atoms with Crippen molar-refractivity contribution < 1.29 is 28.5 Å². The third kappa shape index (κ3) is 5.46. The van der Waals surface area contributed by atoms with E-state index in [0.29, 0.717) is 17.9 Å². The van der Waals surface area contributed by atoms with E-state index >= 15 is 0 Å². The van der Waals surface area contributed by atoms with Crippen molar-refractivity contribution in [2.45, 2.75) is 13.0 Å². The van der Waals surface area contributed by atoms with Crippen LogP contribution in [0.3, 0.4) is 0 Å². The summed E-state index contributed by atoms with van der Waals surface area (Å²) in [6.45, 7) is 6.49. The number of carbonyl (C=O) groups is 2. The molecule has 1 saturated heterocycles. The van der Waals surface area contributed by atoms with Gasteiger partial charge < -0.3 is 24.3 Å². The van der Waals surface area contributed by atoms with Crippen LogP contribution in [0.4, 0.5) is 4.79 Å². The summed E-state index contributed by atoms with van der Waals surface area (Å²) >= 11 is 0. The number of ether oxygens (including phenoxy) is 4. The van der Waals surface area contributed by atoms with E-state index < -0.39 is 12.1 Å². The van der Waals surface area contributed by atoms with Gasteiger partial charge in [-0.25, -0.2) is 9.59 Å². The van der Waals surface area contributed by atoms with Gasteiger partial charge in [0.2, 0.25) is 0 Å². The highest BCUT2D eigenvalue weighted by Crippen LogP contribution is 2.29. The Kier molecular flexibility index (Phi) is 5.93. The highest BCUT2D eigenvalue weighted by atomic mass is 16.6. The Hall–Kier alpha value is -3.06. The monoisotopic (exact) mass is 371 g/mol. The van der Waals surface area contributed by atoms with Crippen LogP contribution >= 0.6 is 0 Å². The molecular formula is C20H21NO6. The smallest absolute Gasteiger partial charge is 0.412 e. The van der Waals surface area contributed by atoms with Gasteiger partial charge in [-0.2, -0.15) is 0 Å². The number of carbonyl (C=O) groups excluding carboxylic acids is 2. The molecule has 3 rings (SSSR count). The molecule has 2 aromatic rings. The molecule has 0 radical (unpaired) electrons. The summed E-state index contributed by atoms with van der Waals surface area (Å²) in [5.41, 5.74) is 0.307. The third-order valence-corrected chi connectivity index (χ3v) is 3.81. The molecule has 142 valence electrons. The average molecular weight is 371 g/mol. The van der Waals surface area contributed by atoms with Gasteiger partial charge in [0.25, 0.3) is 0 Å². The normalized spacial score (nSPS) is 15.1. The Labute approximate surface area is 156 Å². The van der Waals surface area contributed by atoms with Crippen molar-refractivity contribution in [2.24, 2.45) is 0 Å². The number of nitrogens with one attached hydrogen (secondary N) is 1. The molecule has 0 spiro atoms. The number of rotatable bonds is 8. The fraction of sp³-hybridized carbons (Fsp3) is 0.300. The number of fused-ring (bicyclic) bond motifs is 1. The maximum absolute atomic E-state index is 12.0. The van der Waals surface area contributed by atoms with Crippen molar-refractivity contribution in [1.29, 1.82) is 0 Å². The highest BCUT2D eigenvalue weighted by Gasteiger charge is 2.23. The Morgan fingerprint density at radius 2 is 2.11 bits per heavy atom. The Morgan fingerprint density at radius 1 is 1.30 bits per heavy atom. The predicted octanol–water partition coefficient (Wildman–Crippen LogP) is 2.83. The summed E-state index contributed by atoms with van der Waals surface area (Å²) in [4.78, 5) is 23.2. The van der Waals surface area contributed by atoms with Crippen molar-refractivity contribution >= 4 is 22.8 Å². The van der Waals surface area contributed by atoms with Crippen LogP contribution in [0.25, 0.3) is 10.8 Å². The zero-order valence-corrected chi connectivity index (χ0v) is 15.0. The first-order valence-electron chi connectivity index (χ1n) is 8.58. The predicted molar refractivity (Wildman–Crippen MR) is 99.0 cm³/mol. The van der Waals surface area contributed by atoms with Crippen LogP contribution in [-0.2, 0) is 14.3 Å². The summed E-state index contributed by atoms with van der Waals surface area (Å²) in [5, 5.41) is 4.22. The minimum Gasteiger partial charge on any atom is -0.491 e. The molecule has 1 atom stereocenters. The average Bonchev–Trinajstić information content (AvgIpc) is 3.47. The van der Waals surface area contributed by atoms with Gasteiger partial charge in [-0.05, 0) is 36.6 Å². The van der Waals surface area contributed by atoms with Gasteiger partial charge in [-0.15, -0.1) is 0 Å². The molecule has 1 N–H and O–H groups in total. The zero-order chi connectivity index (χ0) is 19.2. The summed E-state index contributed by atoms with van der Waals surface area (Å²) in [5.74, 6) is 0.672. The standard InChI is InChI=1S/C20H21NO6/c1-13(2)19(22)24-9-8-21-20(23)27-18-5-3-4-14-10-15(6-7-17(14)18)25-11-16-12-26-16/h3-7,10,16H,1,8-9,11-12H2,2H3,(H,21,23). The van der Waals surface area contributed by atoms with Crippen molar-refractivity contribution in [3.63, 3.8) is 0 Å². The van der Waals surface area contributed by atoms with Crippen molar-refractivity contribution in [1.82, 2.24) is 5.32 Å². The first-order valence-corrected chi connectivity index (χ1v) is 8.58. The van der Waals surface area contributed by atoms with Crippen LogP contribution in [-0.4, -0.2) is 44.5 Å². The summed E-state index contributed by atoms with van der Waals surface area (Å²) in [6.07, 6.45) is -0.436. The molecule has 27 heavy (non-hydrogen) atoms. The van der Waals surface area contributed by atoms with Gasteiger partial charge in [0.05, 0.1) is 13.2 Å². The fourth-order valence-corrected chi connectivity index (χ4v) is 2.32. The molecule has 2 aromatic carbocycles. The molecule has 7 heteroatoms. The number of epoxide rings is 1. The molecule has 1 amide bonds. The molecule has 1 aliphatic heterocycles. The van der Waals surface area contributed by atoms with E-state index in [-0.39, 0.29) is 19.3 Å². The molecular weight excluding hydrogens is 350 g/mol. The molecule has 0 aliphatic carbocycles. The largest absolute Gasteiger partial charge is 0.491 e. The molecule has 0 saturated carbocycles. The highest BCUT2D eigenvalue weighted by molar-refractivity contribution is 5.91. The van der Waals surface area contributed by atoms with Crippen LogP contribution in [0, 0.1) is 0 Å². The minimum atomic E-state index is -0.625. The molecule has 7 nitrogen and oxygen atoms in total. The first kappa shape index (κ1) is 18.7. The second-order valence-corrected chi connectivity index (χ2v) is 6.14. The molecule has 0 aromatic heterocycles. The minimum absolute atomic E-state index is 0.0434. The van der Waals surface area contributed by atoms with Gasteiger partial charge in [0.15, 0.2) is 0 Å². The molecule has 0 bridgehead atoms. The lowest BCUT2D eigenvalue weighted by molar-refractivity contribution is -0.138. The fourth-order valence-electron chi connectivity index (χ4n) is 2.32. The van der Waals surface area contributed by atoms with Crippen LogP contribution in [0.2, 0.25) is 0 Å². The second kappa shape index (κ2) is 8.55. The molecule has 1 aliphatic rings. The second-order valence-electron chi connectivity index (χ2n) is 6.14. The number of hydrogen-bond acceptors (Lipinski definition) is 6. The van der Waals surface area contributed by atoms with Gasteiger partial charge in [0, 0.05) is 11.0 Å². The number of hydrogen-bond donors (Lipinski definition) is 1. The lowest BCUT2D eigenvalue weighted by Crippen LogP contribution is -2.30. The maximum Gasteiger partial charge on any atom is 0.412 e. The lowest BCUT2D eigenvalue weighted by atomic mass is 10.1. The van der Waals surface area contributed by atoms with E-state index in [4.69, 9.17) is 18.9 Å². The zero-order valence-electron chi connectivity index (χ0n) is 15.0.